The Morgan fingerprint density at radius 2 is 0.857 bits per heavy atom. The van der Waals surface area contributed by atoms with E-state index in [1.165, 1.54) is 5.56 Å². The number of aromatic hydroxyl groups is 8. The molecule has 274 valence electrons. The molecular weight excluding hydrogens is 709 g/mol. The van der Waals surface area contributed by atoms with Crippen LogP contribution in [-0.4, -0.2) is 40.9 Å². The lowest BCUT2D eigenvalue weighted by molar-refractivity contribution is 0.350. The average molecular weight is 741 g/mol. The van der Waals surface area contributed by atoms with Gasteiger partial charge in [-0.05, 0) is 62.7 Å². The number of fused-ring (bicyclic) bond motifs is 8. The molecule has 8 N–H and O–H groups in total. The van der Waals surface area contributed by atoms with Crippen molar-refractivity contribution >= 4 is 43.5 Å². The molecule has 0 fully saturated rings. The minimum Gasteiger partial charge on any atom is -0.504 e. The Bertz CT molecular complexity index is 3130. The van der Waals surface area contributed by atoms with Crippen LogP contribution in [0.2, 0.25) is 0 Å². The van der Waals surface area contributed by atoms with E-state index in [2.05, 4.69) is 32.0 Å². The van der Waals surface area contributed by atoms with Crippen molar-refractivity contribution in [3.8, 4) is 90.5 Å². The van der Waals surface area contributed by atoms with Gasteiger partial charge in [0.1, 0.15) is 11.2 Å². The van der Waals surface area contributed by atoms with Crippen LogP contribution in [-0.2, 0) is 5.41 Å². The average Bonchev–Trinajstić information content (AvgIpc) is 3.71. The molecule has 8 aromatic carbocycles. The van der Waals surface area contributed by atoms with Crippen LogP contribution in [0.25, 0.3) is 88.0 Å². The summed E-state index contributed by atoms with van der Waals surface area (Å²) in [6.07, 6.45) is 0. The summed E-state index contributed by atoms with van der Waals surface area (Å²) in [5.41, 5.74) is 7.31. The van der Waals surface area contributed by atoms with E-state index in [4.69, 9.17) is 4.42 Å². The lowest BCUT2D eigenvalue weighted by Crippen LogP contribution is -2.14. The second-order valence-electron chi connectivity index (χ2n) is 14.8. The van der Waals surface area contributed by atoms with Crippen molar-refractivity contribution in [2.24, 2.45) is 0 Å². The van der Waals surface area contributed by atoms with E-state index in [0.29, 0.717) is 33.1 Å². The van der Waals surface area contributed by atoms with Gasteiger partial charge in [0.15, 0.2) is 23.0 Å². The predicted octanol–water partition coefficient (Wildman–Crippen LogP) is 10.8. The molecule has 56 heavy (non-hydrogen) atoms. The quantitative estimate of drug-likeness (QED) is 0.0498. The zero-order chi connectivity index (χ0) is 38.9. The Morgan fingerprint density at radius 3 is 1.54 bits per heavy atom. The van der Waals surface area contributed by atoms with E-state index >= 15 is 0 Å². The minimum absolute atomic E-state index is 0.0238. The molecule has 0 bridgehead atoms. The first-order chi connectivity index (χ1) is 26.9. The Hall–Kier alpha value is -7.52. The van der Waals surface area contributed by atoms with Gasteiger partial charge in [0.25, 0.3) is 0 Å². The molecule has 1 heterocycles. The lowest BCUT2D eigenvalue weighted by atomic mass is 9.81. The van der Waals surface area contributed by atoms with Crippen molar-refractivity contribution in [2.75, 3.05) is 0 Å². The number of phenols is 8. The summed E-state index contributed by atoms with van der Waals surface area (Å²) in [4.78, 5) is 0. The molecule has 1 aromatic heterocycles. The summed E-state index contributed by atoms with van der Waals surface area (Å²) in [6.45, 7) is 4.36. The van der Waals surface area contributed by atoms with Crippen molar-refractivity contribution in [1.29, 1.82) is 0 Å². The number of para-hydroxylation sites is 1. The fourth-order valence-electron chi connectivity index (χ4n) is 9.00. The maximum absolute atomic E-state index is 11.9. The highest BCUT2D eigenvalue weighted by Gasteiger charge is 2.37. The molecule has 0 saturated carbocycles. The minimum atomic E-state index is -1.03. The van der Waals surface area contributed by atoms with E-state index in [0.717, 1.165) is 27.8 Å². The van der Waals surface area contributed by atoms with Gasteiger partial charge in [0.2, 0.25) is 23.0 Å². The molecule has 0 unspecified atom stereocenters. The molecule has 0 atom stereocenters. The number of hydrogen-bond donors (Lipinski definition) is 8. The molecule has 9 nitrogen and oxygen atoms in total. The van der Waals surface area contributed by atoms with Crippen LogP contribution in [0.4, 0.5) is 0 Å². The molecule has 0 saturated heterocycles. The summed E-state index contributed by atoms with van der Waals surface area (Å²) in [5, 5.41) is 92.0. The van der Waals surface area contributed by atoms with Crippen molar-refractivity contribution in [1.82, 2.24) is 0 Å². The molecule has 0 radical (unpaired) electrons. The van der Waals surface area contributed by atoms with Crippen LogP contribution < -0.4 is 0 Å². The first-order valence-corrected chi connectivity index (χ1v) is 17.9. The van der Waals surface area contributed by atoms with Crippen LogP contribution in [0, 0.1) is 0 Å². The number of furan rings is 1. The molecule has 1 aliphatic rings. The zero-order valence-electron chi connectivity index (χ0n) is 29.9. The van der Waals surface area contributed by atoms with Gasteiger partial charge in [0.05, 0.1) is 0 Å². The van der Waals surface area contributed by atoms with Crippen LogP contribution in [0.15, 0.2) is 114 Å². The molecule has 1 aliphatic carbocycles. The van der Waals surface area contributed by atoms with Gasteiger partial charge in [-0.1, -0.05) is 105 Å². The Balaban J connectivity index is 1.39. The van der Waals surface area contributed by atoms with Crippen molar-refractivity contribution in [2.45, 2.75) is 19.3 Å². The highest BCUT2D eigenvalue weighted by Crippen LogP contribution is 2.63. The topological polar surface area (TPSA) is 175 Å². The summed E-state index contributed by atoms with van der Waals surface area (Å²) >= 11 is 0. The highest BCUT2D eigenvalue weighted by molar-refractivity contribution is 6.31. The standard InChI is InChI=1S/C47H32O9/c1-47(2)27-16-5-3-12-24(27)32-23(14-8-17-28(32)47)21-10-7-11-22(20-21)31-35-37(41(50)45(54)43(52)39(35)48)34(38-36(31)40(49)44(53)46(55)42(38)51)26-15-9-19-30-33(26)25-13-4-6-18-29(25)56-30/h3-20,48-55H,1-2H3. The highest BCUT2D eigenvalue weighted by atomic mass is 16.4. The van der Waals surface area contributed by atoms with Gasteiger partial charge < -0.3 is 45.3 Å². The van der Waals surface area contributed by atoms with Gasteiger partial charge in [-0.2, -0.15) is 0 Å². The number of phenolic OH excluding ortho intramolecular Hbond substituents is 8. The molecule has 9 heteroatoms. The third-order valence-corrected chi connectivity index (χ3v) is 11.5. The normalized spacial score (nSPS) is 13.2. The van der Waals surface area contributed by atoms with Crippen LogP contribution in [0.1, 0.15) is 25.0 Å². The second kappa shape index (κ2) is 11.3. The number of benzene rings is 8. The monoisotopic (exact) mass is 740 g/mol. The van der Waals surface area contributed by atoms with E-state index in [1.807, 2.05) is 48.5 Å². The summed E-state index contributed by atoms with van der Waals surface area (Å²) in [7, 11) is 0. The lowest BCUT2D eigenvalue weighted by Gasteiger charge is -2.23. The fourth-order valence-corrected chi connectivity index (χ4v) is 9.00. The van der Waals surface area contributed by atoms with E-state index in [1.54, 1.807) is 42.5 Å². The zero-order valence-corrected chi connectivity index (χ0v) is 29.9. The largest absolute Gasteiger partial charge is 0.504 e. The van der Waals surface area contributed by atoms with Crippen molar-refractivity contribution in [3.05, 3.63) is 120 Å². The number of hydrogen-bond acceptors (Lipinski definition) is 9. The summed E-state index contributed by atoms with van der Waals surface area (Å²) in [6, 6.07) is 33.8. The summed E-state index contributed by atoms with van der Waals surface area (Å²) in [5.74, 6) is -7.51. The maximum atomic E-state index is 11.9. The molecule has 0 aliphatic heterocycles. The Kier molecular flexibility index (Phi) is 6.65. The van der Waals surface area contributed by atoms with Gasteiger partial charge in [-0.3, -0.25) is 0 Å². The third kappa shape index (κ3) is 4.14. The Morgan fingerprint density at radius 1 is 0.375 bits per heavy atom. The smallest absolute Gasteiger partial charge is 0.204 e. The van der Waals surface area contributed by atoms with Gasteiger partial charge >= 0.3 is 0 Å². The van der Waals surface area contributed by atoms with E-state index < -0.39 is 46.0 Å². The number of rotatable bonds is 3. The summed E-state index contributed by atoms with van der Waals surface area (Å²) < 4.78 is 6.14. The second-order valence-corrected chi connectivity index (χ2v) is 14.8. The van der Waals surface area contributed by atoms with Gasteiger partial charge in [0, 0.05) is 48.9 Å². The fraction of sp³-hybridized carbons (Fsp3) is 0.0638. The van der Waals surface area contributed by atoms with Crippen molar-refractivity contribution in [3.63, 3.8) is 0 Å². The van der Waals surface area contributed by atoms with Crippen LogP contribution >= 0.6 is 0 Å². The molecule has 9 aromatic rings. The molecule has 10 rings (SSSR count). The molecular formula is C47H32O9. The maximum Gasteiger partial charge on any atom is 0.204 e. The predicted molar refractivity (Wildman–Crippen MR) is 216 cm³/mol. The Labute approximate surface area is 318 Å². The molecule has 0 spiro atoms. The van der Waals surface area contributed by atoms with Gasteiger partial charge in [-0.15, -0.1) is 0 Å². The van der Waals surface area contributed by atoms with E-state index in [9.17, 15) is 40.9 Å². The van der Waals surface area contributed by atoms with Crippen LogP contribution in [0.5, 0.6) is 46.0 Å². The SMILES string of the molecule is CC1(C)c2ccccc2-c2c(-c3cccc(-c4c5c(O)c(O)c(O)c(O)c5c(-c5cccc6oc7ccccc7c56)c5c(O)c(O)c(O)c(O)c45)c3)cccc21. The van der Waals surface area contributed by atoms with Crippen LogP contribution in [0.3, 0.4) is 0 Å². The third-order valence-electron chi connectivity index (χ3n) is 11.5. The van der Waals surface area contributed by atoms with Gasteiger partial charge in [-0.25, -0.2) is 0 Å². The van der Waals surface area contributed by atoms with E-state index in [-0.39, 0.29) is 38.1 Å². The molecule has 0 amide bonds. The first kappa shape index (κ1) is 33.1. The van der Waals surface area contributed by atoms with Crippen molar-refractivity contribution < 1.29 is 45.3 Å². The first-order valence-electron chi connectivity index (χ1n) is 17.9.